The van der Waals surface area contributed by atoms with Crippen LogP contribution in [0.15, 0.2) is 58.3 Å². The van der Waals surface area contributed by atoms with E-state index < -0.39 is 6.04 Å². The van der Waals surface area contributed by atoms with Crippen LogP contribution >= 0.6 is 11.6 Å². The molecule has 1 atom stereocenters. The molecule has 0 spiro atoms. The minimum atomic E-state index is -0.508. The van der Waals surface area contributed by atoms with E-state index in [4.69, 9.17) is 16.0 Å². The number of aryl methyl sites for hydroxylation is 2. The second-order valence-corrected chi connectivity index (χ2v) is 7.24. The third kappa shape index (κ3) is 2.68. The summed E-state index contributed by atoms with van der Waals surface area (Å²) >= 11 is 6.22. The first-order valence-corrected chi connectivity index (χ1v) is 9.05. The molecule has 0 fully saturated rings. The van der Waals surface area contributed by atoms with Gasteiger partial charge in [-0.05, 0) is 37.1 Å². The molecular formula is C22H18ClNO3. The van der Waals surface area contributed by atoms with E-state index in [-0.39, 0.29) is 17.1 Å². The molecule has 4 nitrogen and oxygen atoms in total. The molecule has 0 saturated carbocycles. The number of carbonyl (C=O) groups excluding carboxylic acids is 1. The van der Waals surface area contributed by atoms with Crippen molar-refractivity contribution >= 4 is 28.5 Å². The van der Waals surface area contributed by atoms with Gasteiger partial charge in [0.25, 0.3) is 5.91 Å². The largest absolute Gasteiger partial charge is 0.450 e. The summed E-state index contributed by atoms with van der Waals surface area (Å²) in [6.45, 7) is 7.88. The molecule has 27 heavy (non-hydrogen) atoms. The summed E-state index contributed by atoms with van der Waals surface area (Å²) in [6, 6.07) is 10.6. The van der Waals surface area contributed by atoms with Crippen molar-refractivity contribution < 1.29 is 9.21 Å². The number of hydrogen-bond donors (Lipinski definition) is 0. The summed E-state index contributed by atoms with van der Waals surface area (Å²) in [6.07, 6.45) is 1.65. The summed E-state index contributed by atoms with van der Waals surface area (Å²) in [5, 5.41) is 0.878. The van der Waals surface area contributed by atoms with Crippen LogP contribution in [-0.2, 0) is 0 Å². The molecule has 0 bridgehead atoms. The highest BCUT2D eigenvalue weighted by molar-refractivity contribution is 6.32. The van der Waals surface area contributed by atoms with E-state index in [0.717, 1.165) is 16.7 Å². The highest BCUT2D eigenvalue weighted by Gasteiger charge is 2.42. The molecule has 136 valence electrons. The van der Waals surface area contributed by atoms with Crippen LogP contribution < -0.4 is 5.43 Å². The van der Waals surface area contributed by atoms with Crippen molar-refractivity contribution in [2.24, 2.45) is 0 Å². The van der Waals surface area contributed by atoms with Gasteiger partial charge in [-0.1, -0.05) is 47.5 Å². The Morgan fingerprint density at radius 1 is 1.19 bits per heavy atom. The van der Waals surface area contributed by atoms with Crippen LogP contribution in [0.5, 0.6) is 0 Å². The number of benzene rings is 2. The van der Waals surface area contributed by atoms with Crippen LogP contribution in [0.25, 0.3) is 11.0 Å². The van der Waals surface area contributed by atoms with E-state index >= 15 is 0 Å². The normalized spacial score (nSPS) is 16.0. The first-order chi connectivity index (χ1) is 12.9. The average molecular weight is 380 g/mol. The maximum atomic E-state index is 13.3. The van der Waals surface area contributed by atoms with Crippen LogP contribution in [0.3, 0.4) is 0 Å². The Morgan fingerprint density at radius 3 is 2.56 bits per heavy atom. The number of carbonyl (C=O) groups is 1. The molecule has 5 heteroatoms. The number of fused-ring (bicyclic) bond motifs is 2. The van der Waals surface area contributed by atoms with E-state index in [0.29, 0.717) is 28.1 Å². The zero-order chi connectivity index (χ0) is 19.3. The smallest absolute Gasteiger partial charge is 0.291 e. The minimum Gasteiger partial charge on any atom is -0.450 e. The second-order valence-electron chi connectivity index (χ2n) is 6.83. The lowest BCUT2D eigenvalue weighted by Gasteiger charge is -2.23. The Hall–Kier alpha value is -2.85. The highest BCUT2D eigenvalue weighted by atomic mass is 35.5. The van der Waals surface area contributed by atoms with Crippen molar-refractivity contribution in [1.82, 2.24) is 4.90 Å². The summed E-state index contributed by atoms with van der Waals surface area (Å²) < 4.78 is 5.90. The number of amides is 1. The fraction of sp³-hybridized carbons (Fsp3) is 0.182. The van der Waals surface area contributed by atoms with Gasteiger partial charge in [0.15, 0.2) is 5.43 Å². The molecule has 2 heterocycles. The van der Waals surface area contributed by atoms with Crippen LogP contribution in [0.4, 0.5) is 0 Å². The van der Waals surface area contributed by atoms with Gasteiger partial charge in [-0.15, -0.1) is 6.58 Å². The van der Waals surface area contributed by atoms with Crippen LogP contribution in [0, 0.1) is 13.8 Å². The highest BCUT2D eigenvalue weighted by Crippen LogP contribution is 2.38. The van der Waals surface area contributed by atoms with Gasteiger partial charge in [0.1, 0.15) is 5.58 Å². The number of rotatable bonds is 3. The maximum absolute atomic E-state index is 13.3. The van der Waals surface area contributed by atoms with Gasteiger partial charge in [0, 0.05) is 11.6 Å². The van der Waals surface area contributed by atoms with Gasteiger partial charge < -0.3 is 9.32 Å². The topological polar surface area (TPSA) is 50.5 Å². The van der Waals surface area contributed by atoms with Gasteiger partial charge in [-0.3, -0.25) is 9.59 Å². The van der Waals surface area contributed by atoms with Gasteiger partial charge in [-0.2, -0.15) is 0 Å². The van der Waals surface area contributed by atoms with Crippen molar-refractivity contribution in [1.29, 1.82) is 0 Å². The standard InChI is InChI=1S/C22H18ClNO3/c1-4-9-24-19(14-7-5-12(2)6-8-14)18-20(25)15-11-16(23)13(3)10-17(15)27-21(18)22(24)26/h4-8,10-11,19H,1,9H2,2-3H3. The maximum Gasteiger partial charge on any atom is 0.291 e. The summed E-state index contributed by atoms with van der Waals surface area (Å²) in [7, 11) is 0. The predicted molar refractivity (Wildman–Crippen MR) is 106 cm³/mol. The van der Waals surface area contributed by atoms with Crippen molar-refractivity contribution in [3.8, 4) is 0 Å². The number of hydrogen-bond acceptors (Lipinski definition) is 3. The molecule has 3 aromatic rings. The van der Waals surface area contributed by atoms with Crippen molar-refractivity contribution in [2.45, 2.75) is 19.9 Å². The molecule has 1 aliphatic heterocycles. The predicted octanol–water partition coefficient (Wildman–Crippen LogP) is 4.79. The van der Waals surface area contributed by atoms with Gasteiger partial charge >= 0.3 is 0 Å². The van der Waals surface area contributed by atoms with Crippen LogP contribution in [0.1, 0.15) is 38.9 Å². The van der Waals surface area contributed by atoms with Crippen molar-refractivity contribution in [3.63, 3.8) is 0 Å². The zero-order valence-corrected chi connectivity index (χ0v) is 15.8. The third-order valence-electron chi connectivity index (χ3n) is 4.97. The lowest BCUT2D eigenvalue weighted by atomic mass is 9.97. The van der Waals surface area contributed by atoms with Gasteiger partial charge in [0.05, 0.1) is 17.0 Å². The zero-order valence-electron chi connectivity index (χ0n) is 15.1. The first kappa shape index (κ1) is 17.6. The summed E-state index contributed by atoms with van der Waals surface area (Å²) in [5.41, 5.74) is 3.26. The fourth-order valence-electron chi connectivity index (χ4n) is 3.56. The van der Waals surface area contributed by atoms with E-state index in [1.54, 1.807) is 23.1 Å². The molecule has 1 aliphatic rings. The van der Waals surface area contributed by atoms with Gasteiger partial charge in [-0.25, -0.2) is 0 Å². The minimum absolute atomic E-state index is 0.0987. The lowest BCUT2D eigenvalue weighted by molar-refractivity contribution is 0.0748. The van der Waals surface area contributed by atoms with E-state index in [1.807, 2.05) is 38.1 Å². The Kier molecular flexibility index (Phi) is 4.16. The summed E-state index contributed by atoms with van der Waals surface area (Å²) in [5.74, 6) is -0.205. The quantitative estimate of drug-likeness (QED) is 0.614. The molecular weight excluding hydrogens is 362 g/mol. The first-order valence-electron chi connectivity index (χ1n) is 8.67. The van der Waals surface area contributed by atoms with E-state index in [9.17, 15) is 9.59 Å². The fourth-order valence-corrected chi connectivity index (χ4v) is 3.73. The van der Waals surface area contributed by atoms with Crippen molar-refractivity contribution in [3.05, 3.63) is 92.3 Å². The van der Waals surface area contributed by atoms with Crippen molar-refractivity contribution in [2.75, 3.05) is 6.54 Å². The molecule has 0 saturated heterocycles. The average Bonchev–Trinajstić information content (AvgIpc) is 2.91. The Morgan fingerprint density at radius 2 is 1.89 bits per heavy atom. The Bertz CT molecular complexity index is 1140. The molecule has 1 aromatic heterocycles. The number of halogens is 1. The SMILES string of the molecule is C=CCN1C(=O)c2oc3cc(C)c(Cl)cc3c(=O)c2C1c1ccc(C)cc1. The molecule has 2 aromatic carbocycles. The second kappa shape index (κ2) is 6.39. The lowest BCUT2D eigenvalue weighted by Crippen LogP contribution is -2.29. The molecule has 1 amide bonds. The molecule has 0 aliphatic carbocycles. The molecule has 0 N–H and O–H groups in total. The number of nitrogens with zero attached hydrogens (tertiary/aromatic N) is 1. The third-order valence-corrected chi connectivity index (χ3v) is 5.37. The van der Waals surface area contributed by atoms with Gasteiger partial charge in [0.2, 0.25) is 5.76 Å². The Labute approximate surface area is 161 Å². The van der Waals surface area contributed by atoms with Crippen LogP contribution in [0.2, 0.25) is 5.02 Å². The molecule has 1 unspecified atom stereocenters. The molecule has 4 rings (SSSR count). The molecule has 0 radical (unpaired) electrons. The summed E-state index contributed by atoms with van der Waals surface area (Å²) in [4.78, 5) is 27.9. The van der Waals surface area contributed by atoms with E-state index in [1.165, 1.54) is 0 Å². The monoisotopic (exact) mass is 379 g/mol. The Balaban J connectivity index is 2.03. The van der Waals surface area contributed by atoms with E-state index in [2.05, 4.69) is 6.58 Å². The van der Waals surface area contributed by atoms with Crippen LogP contribution in [-0.4, -0.2) is 17.4 Å².